The Morgan fingerprint density at radius 2 is 1.97 bits per heavy atom. The summed E-state index contributed by atoms with van der Waals surface area (Å²) in [5.41, 5.74) is 1.55. The molecule has 4 rings (SSSR count). The molecule has 5 nitrogen and oxygen atoms in total. The number of aryl methyl sites for hydroxylation is 1. The highest BCUT2D eigenvalue weighted by Crippen LogP contribution is 2.26. The van der Waals surface area contributed by atoms with Gasteiger partial charge in [-0.15, -0.1) is 11.3 Å². The summed E-state index contributed by atoms with van der Waals surface area (Å²) < 4.78 is 24.1. The van der Waals surface area contributed by atoms with E-state index in [9.17, 15) is 14.0 Å². The van der Waals surface area contributed by atoms with E-state index >= 15 is 0 Å². The monoisotopic (exact) mass is 423 g/mol. The second-order valence-electron chi connectivity index (χ2n) is 6.76. The maximum atomic E-state index is 13.3. The zero-order chi connectivity index (χ0) is 21.1. The summed E-state index contributed by atoms with van der Waals surface area (Å²) in [7, 11) is 0. The minimum Gasteiger partial charge on any atom is -0.484 e. The van der Waals surface area contributed by atoms with Crippen LogP contribution in [0.1, 0.15) is 22.0 Å². The zero-order valence-corrected chi connectivity index (χ0v) is 16.9. The number of amides is 1. The molecule has 4 aromatic rings. The maximum absolute atomic E-state index is 13.3. The molecular formula is C23H18FNO4S. The van der Waals surface area contributed by atoms with Crippen LogP contribution in [0.3, 0.4) is 0 Å². The number of carbonyl (C=O) groups is 1. The lowest BCUT2D eigenvalue weighted by Crippen LogP contribution is -2.32. The first-order valence-corrected chi connectivity index (χ1v) is 10.1. The van der Waals surface area contributed by atoms with Gasteiger partial charge >= 0.3 is 5.63 Å². The predicted octanol–water partition coefficient (Wildman–Crippen LogP) is 4.59. The molecule has 0 spiro atoms. The van der Waals surface area contributed by atoms with Crippen LogP contribution < -0.4 is 15.7 Å². The number of benzene rings is 2. The molecule has 0 aliphatic carbocycles. The molecule has 0 saturated heterocycles. The van der Waals surface area contributed by atoms with Crippen LogP contribution in [0.5, 0.6) is 5.75 Å². The molecule has 7 heteroatoms. The number of rotatable bonds is 6. The van der Waals surface area contributed by atoms with Gasteiger partial charge in [0.05, 0.1) is 6.04 Å². The van der Waals surface area contributed by atoms with E-state index in [0.717, 1.165) is 21.4 Å². The molecule has 0 saturated carbocycles. The summed E-state index contributed by atoms with van der Waals surface area (Å²) in [6.45, 7) is 1.61. The van der Waals surface area contributed by atoms with E-state index < -0.39 is 11.7 Å². The lowest BCUT2D eigenvalue weighted by molar-refractivity contribution is -0.123. The third kappa shape index (κ3) is 4.41. The number of hydrogen-bond donors (Lipinski definition) is 1. The Balaban J connectivity index is 1.48. The normalized spacial score (nSPS) is 11.9. The Hall–Kier alpha value is -3.45. The van der Waals surface area contributed by atoms with Crippen molar-refractivity contribution in [2.45, 2.75) is 13.0 Å². The summed E-state index contributed by atoms with van der Waals surface area (Å²) >= 11 is 1.50. The lowest BCUT2D eigenvalue weighted by atomic mass is 10.1. The van der Waals surface area contributed by atoms with Gasteiger partial charge in [0, 0.05) is 22.4 Å². The van der Waals surface area contributed by atoms with Gasteiger partial charge < -0.3 is 14.5 Å². The Morgan fingerprint density at radius 3 is 2.70 bits per heavy atom. The van der Waals surface area contributed by atoms with E-state index in [1.807, 2.05) is 24.4 Å². The number of hydrogen-bond acceptors (Lipinski definition) is 5. The quantitative estimate of drug-likeness (QED) is 0.461. The topological polar surface area (TPSA) is 68.5 Å². The van der Waals surface area contributed by atoms with Gasteiger partial charge in [-0.2, -0.15) is 0 Å². The second-order valence-corrected chi connectivity index (χ2v) is 7.74. The average Bonchev–Trinajstić information content (AvgIpc) is 3.25. The Morgan fingerprint density at radius 1 is 1.17 bits per heavy atom. The largest absolute Gasteiger partial charge is 0.484 e. The van der Waals surface area contributed by atoms with Gasteiger partial charge in [-0.25, -0.2) is 9.18 Å². The summed E-state index contributed by atoms with van der Waals surface area (Å²) in [5.74, 6) is -0.249. The van der Waals surface area contributed by atoms with Crippen molar-refractivity contribution in [3.8, 4) is 5.75 Å². The SMILES string of the molecule is Cc1cc(=O)oc2cc(OCC(=O)N[C@H](c3ccc(F)cc3)c3cccs3)ccc12. The number of nitrogens with one attached hydrogen (secondary N) is 1. The molecule has 0 bridgehead atoms. The number of fused-ring (bicyclic) bond motifs is 1. The van der Waals surface area contributed by atoms with Crippen molar-refractivity contribution >= 4 is 28.2 Å². The van der Waals surface area contributed by atoms with Gasteiger partial charge in [0.1, 0.15) is 17.1 Å². The fourth-order valence-corrected chi connectivity index (χ4v) is 3.98. The Kier molecular flexibility index (Phi) is 5.63. The van der Waals surface area contributed by atoms with Gasteiger partial charge in [0.2, 0.25) is 0 Å². The van der Waals surface area contributed by atoms with E-state index in [4.69, 9.17) is 9.15 Å². The highest BCUT2D eigenvalue weighted by molar-refractivity contribution is 7.10. The highest BCUT2D eigenvalue weighted by Gasteiger charge is 2.18. The summed E-state index contributed by atoms with van der Waals surface area (Å²) in [6.07, 6.45) is 0. The number of halogens is 1. The van der Waals surface area contributed by atoms with Gasteiger partial charge in [-0.05, 0) is 53.8 Å². The van der Waals surface area contributed by atoms with Crippen molar-refractivity contribution < 1.29 is 18.3 Å². The molecule has 1 atom stereocenters. The molecule has 2 aromatic carbocycles. The fraction of sp³-hybridized carbons (Fsp3) is 0.130. The lowest BCUT2D eigenvalue weighted by Gasteiger charge is -2.18. The molecule has 2 aromatic heterocycles. The third-order valence-corrected chi connectivity index (χ3v) is 5.57. The first kappa shape index (κ1) is 19.8. The minimum atomic E-state index is -0.437. The molecule has 0 aliphatic rings. The number of ether oxygens (including phenoxy) is 1. The first-order chi connectivity index (χ1) is 14.5. The standard InChI is InChI=1S/C23H18FNO4S/c1-14-11-22(27)29-19-12-17(8-9-18(14)19)28-13-21(26)25-23(20-3-2-10-30-20)15-4-6-16(24)7-5-15/h2-12,23H,13H2,1H3,(H,25,26)/t23-/m1/s1. The molecule has 1 N–H and O–H groups in total. The third-order valence-electron chi connectivity index (χ3n) is 4.63. The molecule has 0 fully saturated rings. The Bertz CT molecular complexity index is 1230. The predicted molar refractivity (Wildman–Crippen MR) is 113 cm³/mol. The van der Waals surface area contributed by atoms with Crippen molar-refractivity contribution in [3.05, 3.63) is 98.3 Å². The van der Waals surface area contributed by atoms with E-state index in [1.165, 1.54) is 29.5 Å². The van der Waals surface area contributed by atoms with E-state index in [0.29, 0.717) is 11.3 Å². The van der Waals surface area contributed by atoms with Crippen LogP contribution in [0, 0.1) is 12.7 Å². The molecule has 152 valence electrons. The molecule has 0 aliphatic heterocycles. The van der Waals surface area contributed by atoms with Crippen LogP contribution in [-0.4, -0.2) is 12.5 Å². The molecular weight excluding hydrogens is 405 g/mol. The van der Waals surface area contributed by atoms with Crippen LogP contribution in [0.4, 0.5) is 4.39 Å². The van der Waals surface area contributed by atoms with Gasteiger partial charge in [0.15, 0.2) is 6.61 Å². The molecule has 30 heavy (non-hydrogen) atoms. The van der Waals surface area contributed by atoms with Gasteiger partial charge in [0.25, 0.3) is 5.91 Å². The van der Waals surface area contributed by atoms with Crippen LogP contribution >= 0.6 is 11.3 Å². The van der Waals surface area contributed by atoms with Gasteiger partial charge in [-0.3, -0.25) is 4.79 Å². The molecule has 0 radical (unpaired) electrons. The van der Waals surface area contributed by atoms with Gasteiger partial charge in [-0.1, -0.05) is 18.2 Å². The summed E-state index contributed by atoms with van der Waals surface area (Å²) in [5, 5.41) is 5.65. The van der Waals surface area contributed by atoms with E-state index in [2.05, 4.69) is 5.32 Å². The van der Waals surface area contributed by atoms with Crippen molar-refractivity contribution in [1.82, 2.24) is 5.32 Å². The molecule has 2 heterocycles. The fourth-order valence-electron chi connectivity index (χ4n) is 3.18. The van der Waals surface area contributed by atoms with Crippen molar-refractivity contribution in [3.63, 3.8) is 0 Å². The second kappa shape index (κ2) is 8.51. The maximum Gasteiger partial charge on any atom is 0.336 e. The van der Waals surface area contributed by atoms with Crippen molar-refractivity contribution in [1.29, 1.82) is 0 Å². The molecule has 1 amide bonds. The summed E-state index contributed by atoms with van der Waals surface area (Å²) in [6, 6.07) is 15.9. The smallest absolute Gasteiger partial charge is 0.336 e. The van der Waals surface area contributed by atoms with E-state index in [1.54, 1.807) is 30.3 Å². The minimum absolute atomic E-state index is 0.218. The average molecular weight is 423 g/mol. The summed E-state index contributed by atoms with van der Waals surface area (Å²) in [4.78, 5) is 25.1. The molecule has 0 unspecified atom stereocenters. The van der Waals surface area contributed by atoms with E-state index in [-0.39, 0.29) is 18.3 Å². The number of thiophene rings is 1. The van der Waals surface area contributed by atoms with Crippen molar-refractivity contribution in [2.75, 3.05) is 6.61 Å². The highest BCUT2D eigenvalue weighted by atomic mass is 32.1. The van der Waals surface area contributed by atoms with Crippen LogP contribution in [0.2, 0.25) is 0 Å². The van der Waals surface area contributed by atoms with Crippen LogP contribution in [0.25, 0.3) is 11.0 Å². The van der Waals surface area contributed by atoms with Crippen LogP contribution in [-0.2, 0) is 4.79 Å². The number of carbonyl (C=O) groups excluding carboxylic acids is 1. The van der Waals surface area contributed by atoms with Crippen LogP contribution in [0.15, 0.2) is 75.3 Å². The van der Waals surface area contributed by atoms with Crippen molar-refractivity contribution in [2.24, 2.45) is 0 Å². The Labute approximate surface area is 175 Å². The first-order valence-electron chi connectivity index (χ1n) is 9.25. The zero-order valence-electron chi connectivity index (χ0n) is 16.1.